The van der Waals surface area contributed by atoms with E-state index in [2.05, 4.69) is 5.16 Å². The largest absolute Gasteiger partial charge is 0.417 e. The summed E-state index contributed by atoms with van der Waals surface area (Å²) >= 11 is 0. The van der Waals surface area contributed by atoms with Crippen molar-refractivity contribution in [3.8, 4) is 0 Å². The van der Waals surface area contributed by atoms with E-state index in [1.165, 1.54) is 11.5 Å². The Kier molecular flexibility index (Phi) is 3.55. The van der Waals surface area contributed by atoms with Crippen molar-refractivity contribution in [3.63, 3.8) is 0 Å². The molecule has 0 radical (unpaired) electrons. The first-order valence-corrected chi connectivity index (χ1v) is 7.30. The molecule has 8 heteroatoms. The Labute approximate surface area is 130 Å². The Morgan fingerprint density at radius 3 is 2.52 bits per heavy atom. The molecule has 3 heterocycles. The van der Waals surface area contributed by atoms with Crippen LogP contribution >= 0.6 is 0 Å². The Hall–Kier alpha value is -1.83. The van der Waals surface area contributed by atoms with E-state index in [-0.39, 0.29) is 34.7 Å². The Morgan fingerprint density at radius 2 is 2.04 bits per heavy atom. The summed E-state index contributed by atoms with van der Waals surface area (Å²) in [5.41, 5.74) is -2.04. The van der Waals surface area contributed by atoms with Gasteiger partial charge in [-0.1, -0.05) is 19.0 Å². The lowest BCUT2D eigenvalue weighted by Crippen LogP contribution is -2.51. The number of hydrogen-bond donors (Lipinski definition) is 0. The maximum absolute atomic E-state index is 13.2. The van der Waals surface area contributed by atoms with Gasteiger partial charge in [-0.15, -0.1) is 0 Å². The van der Waals surface area contributed by atoms with Crippen molar-refractivity contribution in [2.45, 2.75) is 33.5 Å². The first-order valence-electron chi connectivity index (χ1n) is 7.30. The van der Waals surface area contributed by atoms with Crippen molar-refractivity contribution in [1.29, 1.82) is 0 Å². The summed E-state index contributed by atoms with van der Waals surface area (Å²) in [4.78, 5) is 12.3. The van der Waals surface area contributed by atoms with E-state index in [0.717, 1.165) is 0 Å². The van der Waals surface area contributed by atoms with Crippen molar-refractivity contribution >= 4 is 11.1 Å². The number of fused-ring (bicyclic) bond motifs is 1. The van der Waals surface area contributed by atoms with E-state index < -0.39 is 17.3 Å². The van der Waals surface area contributed by atoms with E-state index in [9.17, 15) is 18.0 Å². The summed E-state index contributed by atoms with van der Waals surface area (Å²) in [5, 5.41) is 3.47. The van der Waals surface area contributed by atoms with Gasteiger partial charge >= 0.3 is 6.18 Å². The molecular weight excluding hydrogens is 313 g/mol. The number of alkyl halides is 3. The van der Waals surface area contributed by atoms with E-state index in [1.54, 1.807) is 0 Å². The van der Waals surface area contributed by atoms with Crippen molar-refractivity contribution in [2.24, 2.45) is 11.3 Å². The fourth-order valence-corrected chi connectivity index (χ4v) is 2.89. The van der Waals surface area contributed by atoms with Gasteiger partial charge in [0.1, 0.15) is 0 Å². The van der Waals surface area contributed by atoms with Gasteiger partial charge in [-0.2, -0.15) is 13.2 Å². The van der Waals surface area contributed by atoms with Gasteiger partial charge in [0.05, 0.1) is 29.9 Å². The summed E-state index contributed by atoms with van der Waals surface area (Å²) in [6, 6.07) is 0.625. The maximum atomic E-state index is 13.2. The van der Waals surface area contributed by atoms with Gasteiger partial charge in [0.2, 0.25) is 5.71 Å². The molecule has 0 amide bonds. The summed E-state index contributed by atoms with van der Waals surface area (Å²) in [7, 11) is 0. The molecule has 3 rings (SSSR count). The first-order chi connectivity index (χ1) is 10.7. The molecule has 0 spiro atoms. The van der Waals surface area contributed by atoms with Gasteiger partial charge < -0.3 is 9.26 Å². The molecule has 0 aromatic carbocycles. The zero-order valence-electron chi connectivity index (χ0n) is 13.0. The van der Waals surface area contributed by atoms with Crippen LogP contribution < -0.4 is 5.56 Å². The molecule has 0 atom stereocenters. The average molecular weight is 330 g/mol. The highest BCUT2D eigenvalue weighted by molar-refractivity contribution is 5.80. The lowest BCUT2D eigenvalue weighted by molar-refractivity contribution is -0.148. The second-order valence-electron chi connectivity index (χ2n) is 6.44. The van der Waals surface area contributed by atoms with Crippen molar-refractivity contribution in [1.82, 2.24) is 9.72 Å². The number of hydrogen-bond acceptors (Lipinski definition) is 4. The molecule has 1 fully saturated rings. The highest BCUT2D eigenvalue weighted by atomic mass is 19.4. The fraction of sp³-hybridized carbons (Fsp3) is 0.600. The van der Waals surface area contributed by atoms with Gasteiger partial charge in [-0.3, -0.25) is 9.36 Å². The number of nitrogens with zero attached hydrogens (tertiary/aromatic N) is 2. The normalized spacial score (nSPS) is 17.7. The number of aromatic nitrogens is 2. The molecule has 0 bridgehead atoms. The minimum atomic E-state index is -4.64. The van der Waals surface area contributed by atoms with Crippen LogP contribution in [0, 0.1) is 18.3 Å². The van der Waals surface area contributed by atoms with Crippen LogP contribution in [0.1, 0.15) is 25.1 Å². The van der Waals surface area contributed by atoms with Gasteiger partial charge in [0.15, 0.2) is 0 Å². The Balaban J connectivity index is 2.20. The topological polar surface area (TPSA) is 57.3 Å². The second kappa shape index (κ2) is 5.09. The van der Waals surface area contributed by atoms with Crippen LogP contribution in [0.2, 0.25) is 0 Å². The molecular formula is C15H17F3N2O3. The third kappa shape index (κ3) is 2.45. The van der Waals surface area contributed by atoms with Crippen LogP contribution in [-0.4, -0.2) is 22.9 Å². The quantitative estimate of drug-likeness (QED) is 0.868. The summed E-state index contributed by atoms with van der Waals surface area (Å²) in [6.45, 7) is 6.60. The van der Waals surface area contributed by atoms with Crippen LogP contribution in [0.3, 0.4) is 0 Å². The minimum Gasteiger partial charge on any atom is -0.380 e. The molecule has 126 valence electrons. The molecule has 2 aromatic rings. The first kappa shape index (κ1) is 16.0. The number of pyridine rings is 1. The Morgan fingerprint density at radius 1 is 1.39 bits per heavy atom. The number of aryl methyl sites for hydroxylation is 1. The SMILES string of the molecule is Cc1noc2c1c(C(F)(F)F)cc(=O)n2CC1(C(C)C)COC1. The van der Waals surface area contributed by atoms with Crippen molar-refractivity contribution < 1.29 is 22.4 Å². The summed E-state index contributed by atoms with van der Waals surface area (Å²) < 4.78 is 51.2. The van der Waals surface area contributed by atoms with E-state index in [1.807, 2.05) is 13.8 Å². The lowest BCUT2D eigenvalue weighted by Gasteiger charge is -2.45. The van der Waals surface area contributed by atoms with Gasteiger partial charge in [-0.25, -0.2) is 0 Å². The van der Waals surface area contributed by atoms with E-state index in [4.69, 9.17) is 9.26 Å². The molecule has 1 aliphatic heterocycles. The number of halogens is 3. The lowest BCUT2D eigenvalue weighted by atomic mass is 9.75. The molecule has 23 heavy (non-hydrogen) atoms. The molecule has 0 saturated carbocycles. The molecule has 0 unspecified atom stereocenters. The molecule has 5 nitrogen and oxygen atoms in total. The van der Waals surface area contributed by atoms with E-state index >= 15 is 0 Å². The number of rotatable bonds is 3. The van der Waals surface area contributed by atoms with Crippen LogP contribution in [0.25, 0.3) is 11.1 Å². The van der Waals surface area contributed by atoms with Crippen molar-refractivity contribution in [2.75, 3.05) is 13.2 Å². The summed E-state index contributed by atoms with van der Waals surface area (Å²) in [5.74, 6) is 0.213. The highest BCUT2D eigenvalue weighted by Gasteiger charge is 2.43. The zero-order chi connectivity index (χ0) is 17.0. The summed E-state index contributed by atoms with van der Waals surface area (Å²) in [6.07, 6.45) is -4.64. The minimum absolute atomic E-state index is 0.115. The van der Waals surface area contributed by atoms with Crippen molar-refractivity contribution in [3.05, 3.63) is 27.7 Å². The highest BCUT2D eigenvalue weighted by Crippen LogP contribution is 2.39. The predicted molar refractivity (Wildman–Crippen MR) is 76.1 cm³/mol. The van der Waals surface area contributed by atoms with Crippen LogP contribution in [-0.2, 0) is 17.5 Å². The van der Waals surface area contributed by atoms with Crippen LogP contribution in [0.5, 0.6) is 0 Å². The van der Waals surface area contributed by atoms with Gasteiger partial charge in [0, 0.05) is 18.0 Å². The number of ether oxygens (including phenoxy) is 1. The smallest absolute Gasteiger partial charge is 0.380 e. The second-order valence-corrected chi connectivity index (χ2v) is 6.44. The van der Waals surface area contributed by atoms with Gasteiger partial charge in [0.25, 0.3) is 5.56 Å². The molecule has 0 aliphatic carbocycles. The molecule has 0 N–H and O–H groups in total. The standard InChI is InChI=1S/C15H17F3N2O3/c1-8(2)14(6-22-7-14)5-20-11(21)4-10(15(16,17)18)12-9(3)19-23-13(12)20/h4,8H,5-7H2,1-3H3. The average Bonchev–Trinajstić information content (AvgIpc) is 2.75. The predicted octanol–water partition coefficient (Wildman–Crippen LogP) is 2.99. The third-order valence-electron chi connectivity index (χ3n) is 4.68. The van der Waals surface area contributed by atoms with E-state index in [0.29, 0.717) is 19.3 Å². The van der Waals surface area contributed by atoms with Crippen LogP contribution in [0.4, 0.5) is 13.2 Å². The monoisotopic (exact) mass is 330 g/mol. The molecule has 1 saturated heterocycles. The molecule has 2 aromatic heterocycles. The van der Waals surface area contributed by atoms with Gasteiger partial charge in [-0.05, 0) is 12.8 Å². The third-order valence-corrected chi connectivity index (χ3v) is 4.68. The fourth-order valence-electron chi connectivity index (χ4n) is 2.89. The maximum Gasteiger partial charge on any atom is 0.417 e. The molecule has 1 aliphatic rings. The van der Waals surface area contributed by atoms with Crippen LogP contribution in [0.15, 0.2) is 15.4 Å². The Bertz CT molecular complexity index is 801. The zero-order valence-corrected chi connectivity index (χ0v) is 13.0.